The van der Waals surface area contributed by atoms with E-state index in [9.17, 15) is 13.2 Å². The molecule has 0 aliphatic heterocycles. The van der Waals surface area contributed by atoms with Crippen molar-refractivity contribution in [3.8, 4) is 0 Å². The van der Waals surface area contributed by atoms with Crippen molar-refractivity contribution >= 4 is 31.9 Å². The summed E-state index contributed by atoms with van der Waals surface area (Å²) in [5.41, 5.74) is 4.29. The Morgan fingerprint density at radius 3 is 2.45 bits per heavy atom. The normalized spacial score (nSPS) is 15.8. The minimum Gasteiger partial charge on any atom is -0.348 e. The second-order valence-corrected chi connectivity index (χ2v) is 11.3. The van der Waals surface area contributed by atoms with E-state index in [2.05, 4.69) is 27.3 Å². The Morgan fingerprint density at radius 2 is 1.73 bits per heavy atom. The Labute approximate surface area is 204 Å². The molecule has 0 radical (unpaired) electrons. The molecule has 172 valence electrons. The largest absolute Gasteiger partial charge is 0.348 e. The Hall–Kier alpha value is -2.48. The molecule has 3 aromatic rings. The van der Waals surface area contributed by atoms with Gasteiger partial charge in [-0.05, 0) is 67.1 Å². The summed E-state index contributed by atoms with van der Waals surface area (Å²) < 4.78 is 29.0. The van der Waals surface area contributed by atoms with Crippen LogP contribution in [0.15, 0.2) is 82.2 Å². The zero-order valence-electron chi connectivity index (χ0n) is 18.5. The number of hydrogen-bond acceptors (Lipinski definition) is 3. The average Bonchev–Trinajstić information content (AvgIpc) is 2.80. The van der Waals surface area contributed by atoms with E-state index in [0.717, 1.165) is 40.4 Å². The lowest BCUT2D eigenvalue weighted by atomic mass is 9.88. The van der Waals surface area contributed by atoms with Gasteiger partial charge in [-0.2, -0.15) is 4.31 Å². The van der Waals surface area contributed by atoms with E-state index in [1.165, 1.54) is 9.87 Å². The molecule has 1 aliphatic carbocycles. The van der Waals surface area contributed by atoms with Crippen LogP contribution >= 0.6 is 15.9 Å². The third kappa shape index (κ3) is 5.72. The highest BCUT2D eigenvalue weighted by atomic mass is 79.9. The molecule has 1 atom stereocenters. The van der Waals surface area contributed by atoms with Crippen LogP contribution in [0, 0.1) is 6.92 Å². The van der Waals surface area contributed by atoms with Gasteiger partial charge in [-0.15, -0.1) is 0 Å². The summed E-state index contributed by atoms with van der Waals surface area (Å²) in [6, 6.07) is 22.2. The predicted molar refractivity (Wildman–Crippen MR) is 133 cm³/mol. The van der Waals surface area contributed by atoms with Gasteiger partial charge in [-0.25, -0.2) is 8.42 Å². The van der Waals surface area contributed by atoms with Gasteiger partial charge in [0.25, 0.3) is 0 Å². The number of carbonyl (C=O) groups excluding carboxylic acids is 1. The van der Waals surface area contributed by atoms with Gasteiger partial charge in [-0.3, -0.25) is 4.79 Å². The quantitative estimate of drug-likeness (QED) is 0.463. The fourth-order valence-electron chi connectivity index (χ4n) is 4.18. The first-order valence-electron chi connectivity index (χ1n) is 11.0. The van der Waals surface area contributed by atoms with Gasteiger partial charge in [0.15, 0.2) is 0 Å². The summed E-state index contributed by atoms with van der Waals surface area (Å²) in [6.45, 7) is 1.86. The lowest BCUT2D eigenvalue weighted by Crippen LogP contribution is -2.42. The van der Waals surface area contributed by atoms with Crippen molar-refractivity contribution in [2.75, 3.05) is 6.54 Å². The maximum Gasteiger partial charge on any atom is 0.243 e. The smallest absolute Gasteiger partial charge is 0.243 e. The van der Waals surface area contributed by atoms with Crippen molar-refractivity contribution < 1.29 is 13.2 Å². The Kier molecular flexibility index (Phi) is 7.32. The third-order valence-electron chi connectivity index (χ3n) is 5.96. The summed E-state index contributed by atoms with van der Waals surface area (Å²) in [4.78, 5) is 13.2. The van der Waals surface area contributed by atoms with Crippen LogP contribution in [0.1, 0.15) is 41.1 Å². The molecule has 0 unspecified atom stereocenters. The summed E-state index contributed by atoms with van der Waals surface area (Å²) in [7, 11) is -3.87. The molecule has 0 aromatic heterocycles. The minimum absolute atomic E-state index is 0.0981. The number of nitrogens with one attached hydrogen (secondary N) is 1. The van der Waals surface area contributed by atoms with Crippen molar-refractivity contribution in [1.82, 2.24) is 9.62 Å². The first-order valence-corrected chi connectivity index (χ1v) is 13.2. The van der Waals surface area contributed by atoms with Crippen LogP contribution in [0.3, 0.4) is 0 Å². The lowest BCUT2D eigenvalue weighted by molar-refractivity contribution is -0.122. The molecule has 3 aromatic carbocycles. The molecule has 0 spiro atoms. The Morgan fingerprint density at radius 1 is 1.03 bits per heavy atom. The molecule has 1 amide bonds. The van der Waals surface area contributed by atoms with E-state index in [-0.39, 0.29) is 29.9 Å². The average molecular weight is 527 g/mol. The molecule has 0 fully saturated rings. The van der Waals surface area contributed by atoms with Crippen LogP contribution in [0.2, 0.25) is 0 Å². The fourth-order valence-corrected chi connectivity index (χ4v) is 5.83. The number of benzene rings is 3. The van der Waals surface area contributed by atoms with E-state index in [1.54, 1.807) is 24.3 Å². The first kappa shape index (κ1) is 23.7. The number of nitrogens with zero attached hydrogens (tertiary/aromatic N) is 1. The molecular weight excluding hydrogens is 500 g/mol. The lowest BCUT2D eigenvalue weighted by Gasteiger charge is -2.28. The van der Waals surface area contributed by atoms with Gasteiger partial charge in [0.1, 0.15) is 0 Å². The van der Waals surface area contributed by atoms with Crippen LogP contribution in [-0.4, -0.2) is 25.2 Å². The first-order chi connectivity index (χ1) is 15.8. The van der Waals surface area contributed by atoms with Gasteiger partial charge in [0, 0.05) is 11.0 Å². The standard InChI is InChI=1S/C26H27BrN2O3S/c1-19-9-11-20(12-10-19)17-29(33(31,32)23-15-13-22(27)14-16-23)18-26(30)28-25-8-4-6-21-5-2-3-7-24(21)25/h2-3,5,7,9-16,25H,4,6,8,17-18H2,1H3,(H,28,30)/t25-/m1/s1. The summed E-state index contributed by atoms with van der Waals surface area (Å²) >= 11 is 3.35. The number of amides is 1. The number of rotatable bonds is 7. The van der Waals surface area contributed by atoms with Gasteiger partial charge >= 0.3 is 0 Å². The van der Waals surface area contributed by atoms with Crippen molar-refractivity contribution in [2.45, 2.75) is 43.7 Å². The van der Waals surface area contributed by atoms with Gasteiger partial charge in [-0.1, -0.05) is 70.0 Å². The number of halogens is 1. The molecule has 0 bridgehead atoms. The Balaban J connectivity index is 1.57. The van der Waals surface area contributed by atoms with E-state index < -0.39 is 10.0 Å². The fraction of sp³-hybridized carbons (Fsp3) is 0.269. The molecule has 0 saturated heterocycles. The highest BCUT2D eigenvalue weighted by Gasteiger charge is 2.29. The SMILES string of the molecule is Cc1ccc(CN(CC(=O)N[C@@H]2CCCc3ccccc32)S(=O)(=O)c2ccc(Br)cc2)cc1. The number of hydrogen-bond donors (Lipinski definition) is 1. The molecule has 1 N–H and O–H groups in total. The van der Waals surface area contributed by atoms with Gasteiger partial charge in [0.05, 0.1) is 17.5 Å². The molecule has 7 heteroatoms. The molecule has 33 heavy (non-hydrogen) atoms. The van der Waals surface area contributed by atoms with E-state index in [0.29, 0.717) is 0 Å². The summed E-state index contributed by atoms with van der Waals surface area (Å²) in [5, 5.41) is 3.08. The van der Waals surface area contributed by atoms with Crippen LogP contribution in [0.5, 0.6) is 0 Å². The van der Waals surface area contributed by atoms with Crippen molar-refractivity contribution in [3.05, 3.63) is 99.5 Å². The van der Waals surface area contributed by atoms with Crippen LogP contribution < -0.4 is 5.32 Å². The zero-order chi connectivity index (χ0) is 23.4. The molecule has 5 nitrogen and oxygen atoms in total. The Bertz CT molecular complexity index is 1230. The van der Waals surface area contributed by atoms with Crippen molar-refractivity contribution in [3.63, 3.8) is 0 Å². The highest BCUT2D eigenvalue weighted by molar-refractivity contribution is 9.10. The second-order valence-electron chi connectivity index (χ2n) is 8.42. The summed E-state index contributed by atoms with van der Waals surface area (Å²) in [5.74, 6) is -0.301. The molecule has 1 aliphatic rings. The van der Waals surface area contributed by atoms with E-state index in [4.69, 9.17) is 0 Å². The minimum atomic E-state index is -3.87. The number of carbonyl (C=O) groups is 1. The maximum atomic E-state index is 13.5. The maximum absolute atomic E-state index is 13.5. The number of sulfonamides is 1. The number of aryl methyl sites for hydroxylation is 2. The van der Waals surface area contributed by atoms with E-state index in [1.807, 2.05) is 49.4 Å². The molecule has 0 heterocycles. The highest BCUT2D eigenvalue weighted by Crippen LogP contribution is 2.29. The summed E-state index contributed by atoms with van der Waals surface area (Å²) in [6.07, 6.45) is 2.84. The van der Waals surface area contributed by atoms with E-state index >= 15 is 0 Å². The topological polar surface area (TPSA) is 66.5 Å². The van der Waals surface area contributed by atoms with Crippen molar-refractivity contribution in [1.29, 1.82) is 0 Å². The molecule has 4 rings (SSSR count). The third-order valence-corrected chi connectivity index (χ3v) is 8.29. The zero-order valence-corrected chi connectivity index (χ0v) is 20.9. The predicted octanol–water partition coefficient (Wildman–Crippen LogP) is 5.14. The number of fused-ring (bicyclic) bond motifs is 1. The van der Waals surface area contributed by atoms with Gasteiger partial charge < -0.3 is 5.32 Å². The molecule has 0 saturated carbocycles. The molecular formula is C26H27BrN2O3S. The van der Waals surface area contributed by atoms with Crippen LogP contribution in [0.25, 0.3) is 0 Å². The second kappa shape index (κ2) is 10.2. The van der Waals surface area contributed by atoms with Crippen LogP contribution in [0.4, 0.5) is 0 Å². The van der Waals surface area contributed by atoms with Crippen molar-refractivity contribution in [2.24, 2.45) is 0 Å². The van der Waals surface area contributed by atoms with Crippen LogP contribution in [-0.2, 0) is 27.8 Å². The van der Waals surface area contributed by atoms with Gasteiger partial charge in [0.2, 0.25) is 15.9 Å². The monoisotopic (exact) mass is 526 g/mol.